The zero-order valence-electron chi connectivity index (χ0n) is 17.7. The standard InChI is InChI=1S/C22H26N2O6S/c1-14-20(15-7-5-4-6-8-15)22(14,21(25)26)23-31(27,28)24-10-9-16-11-18(29-2)19(30-3)12-17(16)13-24/h4-8,11-12,14,20,23H,9-10,13H2,1-3H3,(H,25,26)/t14?,20-,22+/m1/s1. The SMILES string of the molecule is COc1cc2c(cc1OC)CN(S(=O)(=O)N[C@@]1(C(=O)O)C(C)[C@@H]1c1ccccc1)CC2. The molecule has 1 aliphatic carbocycles. The van der Waals surface area contributed by atoms with Gasteiger partial charge in [0.25, 0.3) is 10.2 Å². The molecule has 4 rings (SSSR count). The Morgan fingerprint density at radius 1 is 1.13 bits per heavy atom. The van der Waals surface area contributed by atoms with Crippen LogP contribution in [0.1, 0.15) is 29.5 Å². The molecular formula is C22H26N2O6S. The highest BCUT2D eigenvalue weighted by Crippen LogP contribution is 2.58. The number of carboxylic acid groups (broad SMARTS) is 1. The minimum atomic E-state index is -4.04. The highest BCUT2D eigenvalue weighted by atomic mass is 32.2. The van der Waals surface area contributed by atoms with Crippen LogP contribution < -0.4 is 14.2 Å². The first-order valence-corrected chi connectivity index (χ1v) is 11.5. The number of hydrogen-bond acceptors (Lipinski definition) is 5. The Kier molecular flexibility index (Phi) is 5.45. The van der Waals surface area contributed by atoms with Crippen molar-refractivity contribution in [3.8, 4) is 11.5 Å². The zero-order valence-corrected chi connectivity index (χ0v) is 18.5. The monoisotopic (exact) mass is 446 g/mol. The van der Waals surface area contributed by atoms with Gasteiger partial charge in [0.05, 0.1) is 14.2 Å². The molecule has 0 radical (unpaired) electrons. The summed E-state index contributed by atoms with van der Waals surface area (Å²) in [6.45, 7) is 2.14. The van der Waals surface area contributed by atoms with E-state index in [0.717, 1.165) is 16.7 Å². The van der Waals surface area contributed by atoms with E-state index in [1.54, 1.807) is 20.1 Å². The molecule has 3 atom stereocenters. The average Bonchev–Trinajstić information content (AvgIpc) is 3.36. The number of nitrogens with one attached hydrogen (secondary N) is 1. The number of fused-ring (bicyclic) bond motifs is 1. The number of methoxy groups -OCH3 is 2. The maximum atomic E-state index is 13.3. The van der Waals surface area contributed by atoms with Gasteiger partial charge in [-0.2, -0.15) is 17.4 Å². The van der Waals surface area contributed by atoms with Crippen molar-refractivity contribution in [2.45, 2.75) is 31.3 Å². The fourth-order valence-electron chi connectivity index (χ4n) is 4.64. The van der Waals surface area contributed by atoms with Gasteiger partial charge in [0, 0.05) is 19.0 Å². The van der Waals surface area contributed by atoms with Crippen molar-refractivity contribution in [2.24, 2.45) is 5.92 Å². The summed E-state index contributed by atoms with van der Waals surface area (Å²) in [7, 11) is -0.965. The lowest BCUT2D eigenvalue weighted by Gasteiger charge is -2.30. The van der Waals surface area contributed by atoms with Crippen molar-refractivity contribution in [1.29, 1.82) is 0 Å². The number of hydrogen-bond donors (Lipinski definition) is 2. The molecule has 9 heteroatoms. The summed E-state index contributed by atoms with van der Waals surface area (Å²) in [6, 6.07) is 12.8. The molecule has 2 N–H and O–H groups in total. The van der Waals surface area contributed by atoms with E-state index >= 15 is 0 Å². The molecule has 2 aromatic carbocycles. The van der Waals surface area contributed by atoms with E-state index in [1.165, 1.54) is 11.4 Å². The number of nitrogens with zero attached hydrogens (tertiary/aromatic N) is 1. The van der Waals surface area contributed by atoms with Crippen LogP contribution in [-0.2, 0) is 28.0 Å². The van der Waals surface area contributed by atoms with Crippen molar-refractivity contribution in [3.63, 3.8) is 0 Å². The van der Waals surface area contributed by atoms with E-state index in [2.05, 4.69) is 4.72 Å². The molecular weight excluding hydrogens is 420 g/mol. The van der Waals surface area contributed by atoms with Gasteiger partial charge >= 0.3 is 5.97 Å². The number of rotatable bonds is 7. The number of aliphatic carboxylic acids is 1. The van der Waals surface area contributed by atoms with Crippen LogP contribution in [-0.4, -0.2) is 50.1 Å². The predicted octanol–water partition coefficient (Wildman–Crippen LogP) is 2.15. The minimum absolute atomic E-state index is 0.130. The molecule has 0 spiro atoms. The summed E-state index contributed by atoms with van der Waals surface area (Å²) < 4.78 is 41.0. The van der Waals surface area contributed by atoms with Gasteiger partial charge in [-0.3, -0.25) is 4.79 Å². The summed E-state index contributed by atoms with van der Waals surface area (Å²) in [4.78, 5) is 12.2. The molecule has 0 saturated heterocycles. The van der Waals surface area contributed by atoms with E-state index in [9.17, 15) is 18.3 Å². The van der Waals surface area contributed by atoms with Crippen LogP contribution in [0.3, 0.4) is 0 Å². The highest BCUT2D eigenvalue weighted by molar-refractivity contribution is 7.87. The summed E-state index contributed by atoms with van der Waals surface area (Å²) in [6.07, 6.45) is 0.494. The van der Waals surface area contributed by atoms with Crippen LogP contribution >= 0.6 is 0 Å². The third-order valence-electron chi connectivity index (χ3n) is 6.43. The summed E-state index contributed by atoms with van der Waals surface area (Å²) in [5, 5.41) is 9.98. The Bertz CT molecular complexity index is 1100. The minimum Gasteiger partial charge on any atom is -0.493 e. The quantitative estimate of drug-likeness (QED) is 0.675. The first-order valence-electron chi connectivity index (χ1n) is 10.1. The lowest BCUT2D eigenvalue weighted by molar-refractivity contribution is -0.140. The Labute approximate surface area is 182 Å². The Hall–Kier alpha value is -2.62. The third kappa shape index (κ3) is 3.56. The topological polar surface area (TPSA) is 105 Å². The molecule has 1 heterocycles. The Morgan fingerprint density at radius 2 is 1.74 bits per heavy atom. The molecule has 0 aromatic heterocycles. The fourth-order valence-corrected chi connectivity index (χ4v) is 6.24. The molecule has 1 unspecified atom stereocenters. The maximum Gasteiger partial charge on any atom is 0.325 e. The summed E-state index contributed by atoms with van der Waals surface area (Å²) in [5.41, 5.74) is 1.04. The molecule has 0 bridgehead atoms. The number of carboxylic acids is 1. The zero-order chi connectivity index (χ0) is 22.4. The third-order valence-corrected chi connectivity index (χ3v) is 8.02. The number of ether oxygens (including phenoxy) is 2. The second-order valence-corrected chi connectivity index (χ2v) is 9.69. The Morgan fingerprint density at radius 3 is 2.32 bits per heavy atom. The normalized spacial score (nSPS) is 25.5. The van der Waals surface area contributed by atoms with Crippen molar-refractivity contribution < 1.29 is 27.8 Å². The van der Waals surface area contributed by atoms with Gasteiger partial charge in [0.2, 0.25) is 0 Å². The van der Waals surface area contributed by atoms with Crippen LogP contribution in [0.15, 0.2) is 42.5 Å². The van der Waals surface area contributed by atoms with Crippen LogP contribution in [0.4, 0.5) is 0 Å². The molecule has 2 aromatic rings. The largest absolute Gasteiger partial charge is 0.493 e. The second-order valence-electron chi connectivity index (χ2n) is 8.02. The van der Waals surface area contributed by atoms with Gasteiger partial charge in [-0.05, 0) is 41.2 Å². The summed E-state index contributed by atoms with van der Waals surface area (Å²) in [5.74, 6) is -0.847. The molecule has 8 nitrogen and oxygen atoms in total. The van der Waals surface area contributed by atoms with Crippen LogP contribution in [0.25, 0.3) is 0 Å². The van der Waals surface area contributed by atoms with Gasteiger partial charge in [-0.15, -0.1) is 0 Å². The Balaban J connectivity index is 1.60. The van der Waals surface area contributed by atoms with Gasteiger partial charge in [0.15, 0.2) is 11.5 Å². The molecule has 1 saturated carbocycles. The highest BCUT2D eigenvalue weighted by Gasteiger charge is 2.70. The molecule has 1 fully saturated rings. The van der Waals surface area contributed by atoms with Gasteiger partial charge < -0.3 is 14.6 Å². The van der Waals surface area contributed by atoms with E-state index in [4.69, 9.17) is 9.47 Å². The second kappa shape index (κ2) is 7.81. The lowest BCUT2D eigenvalue weighted by Crippen LogP contribution is -2.52. The van der Waals surface area contributed by atoms with Gasteiger partial charge in [-0.1, -0.05) is 37.3 Å². The fraction of sp³-hybridized carbons (Fsp3) is 0.409. The van der Waals surface area contributed by atoms with Gasteiger partial charge in [-0.25, -0.2) is 0 Å². The van der Waals surface area contributed by atoms with Gasteiger partial charge in [0.1, 0.15) is 5.54 Å². The first kappa shape index (κ1) is 21.6. The van der Waals surface area contributed by atoms with Crippen molar-refractivity contribution in [1.82, 2.24) is 9.03 Å². The van der Waals surface area contributed by atoms with Crippen molar-refractivity contribution in [2.75, 3.05) is 20.8 Å². The van der Waals surface area contributed by atoms with Crippen LogP contribution in [0.2, 0.25) is 0 Å². The summed E-state index contributed by atoms with van der Waals surface area (Å²) >= 11 is 0. The molecule has 31 heavy (non-hydrogen) atoms. The van der Waals surface area contributed by atoms with E-state index < -0.39 is 27.6 Å². The van der Waals surface area contributed by atoms with Crippen molar-refractivity contribution >= 4 is 16.2 Å². The smallest absolute Gasteiger partial charge is 0.325 e. The van der Waals surface area contributed by atoms with E-state index in [1.807, 2.05) is 36.4 Å². The lowest BCUT2D eigenvalue weighted by atomic mass is 10.0. The van der Waals surface area contributed by atoms with E-state index in [-0.39, 0.29) is 19.0 Å². The predicted molar refractivity (Wildman–Crippen MR) is 114 cm³/mol. The first-order chi connectivity index (χ1) is 14.7. The number of benzene rings is 2. The van der Waals surface area contributed by atoms with Crippen LogP contribution in [0, 0.1) is 5.92 Å². The maximum absolute atomic E-state index is 13.3. The molecule has 0 amide bonds. The molecule has 2 aliphatic rings. The molecule has 1 aliphatic heterocycles. The average molecular weight is 447 g/mol. The van der Waals surface area contributed by atoms with Crippen molar-refractivity contribution in [3.05, 3.63) is 59.2 Å². The van der Waals surface area contributed by atoms with Crippen LogP contribution in [0.5, 0.6) is 11.5 Å². The van der Waals surface area contributed by atoms with E-state index in [0.29, 0.717) is 17.9 Å². The molecule has 166 valence electrons. The number of carbonyl (C=O) groups is 1.